The first-order valence-electron chi connectivity index (χ1n) is 7.35. The van der Waals surface area contributed by atoms with Gasteiger partial charge in [-0.05, 0) is 46.6 Å². The molecule has 0 nitrogen and oxygen atoms in total. The second-order valence-electron chi connectivity index (χ2n) is 6.87. The molecule has 0 saturated carbocycles. The Morgan fingerprint density at radius 1 is 0.905 bits per heavy atom. The molecule has 0 unspecified atom stereocenters. The summed E-state index contributed by atoms with van der Waals surface area (Å²) in [6, 6.07) is 15.7. The summed E-state index contributed by atoms with van der Waals surface area (Å²) in [5.74, 6) is 0. The Balaban J connectivity index is 0.00000161. The Morgan fingerprint density at radius 2 is 1.57 bits per heavy atom. The van der Waals surface area contributed by atoms with Crippen LogP contribution in [0.5, 0.6) is 0 Å². The van der Waals surface area contributed by atoms with Gasteiger partial charge >= 0.3 is 0 Å². The molecular formula is C20H22Li. The van der Waals surface area contributed by atoms with Gasteiger partial charge in [-0.2, -0.15) is 0 Å². The van der Waals surface area contributed by atoms with Crippen molar-refractivity contribution in [2.45, 2.75) is 39.5 Å². The quantitative estimate of drug-likeness (QED) is 0.622. The second-order valence-corrected chi connectivity index (χ2v) is 6.87. The van der Waals surface area contributed by atoms with Crippen molar-refractivity contribution in [1.29, 1.82) is 0 Å². The largest absolute Gasteiger partial charge is 0.0683 e. The molecule has 0 atom stereocenters. The van der Waals surface area contributed by atoms with E-state index < -0.39 is 0 Å². The molecule has 0 saturated heterocycles. The second kappa shape index (κ2) is 5.88. The molecule has 0 N–H and O–H groups in total. The van der Waals surface area contributed by atoms with Crippen LogP contribution in [0.15, 0.2) is 48.0 Å². The SMILES string of the molecule is CC1=Cc2c(cccc2-c2ccc(C(C)(C)C)cc2)C1.[Li]. The predicted molar refractivity (Wildman–Crippen MR) is 93.7 cm³/mol. The molecule has 0 heterocycles. The summed E-state index contributed by atoms with van der Waals surface area (Å²) in [4.78, 5) is 0. The summed E-state index contributed by atoms with van der Waals surface area (Å²) in [6.07, 6.45) is 3.44. The average Bonchev–Trinajstić information content (AvgIpc) is 2.78. The Kier molecular flexibility index (Phi) is 4.52. The minimum absolute atomic E-state index is 0. The van der Waals surface area contributed by atoms with Gasteiger partial charge in [0.05, 0.1) is 0 Å². The van der Waals surface area contributed by atoms with Crippen molar-refractivity contribution in [3.05, 3.63) is 64.7 Å². The van der Waals surface area contributed by atoms with Gasteiger partial charge in [0, 0.05) is 18.9 Å². The third kappa shape index (κ3) is 3.18. The van der Waals surface area contributed by atoms with Gasteiger partial charge in [-0.25, -0.2) is 0 Å². The number of allylic oxidation sites excluding steroid dienone is 1. The van der Waals surface area contributed by atoms with Gasteiger partial charge in [-0.3, -0.25) is 0 Å². The minimum Gasteiger partial charge on any atom is -0.0683 e. The van der Waals surface area contributed by atoms with Crippen molar-refractivity contribution in [2.75, 3.05) is 0 Å². The maximum absolute atomic E-state index is 2.34. The standard InChI is InChI=1S/C20H22.Li/c1-14-12-16-6-5-7-18(19(16)13-14)15-8-10-17(11-9-15)20(2,3)4;/h5-11,13H,12H2,1-4H3;. The summed E-state index contributed by atoms with van der Waals surface area (Å²) < 4.78 is 0. The number of hydrogen-bond donors (Lipinski definition) is 0. The molecule has 0 aromatic heterocycles. The summed E-state index contributed by atoms with van der Waals surface area (Å²) in [7, 11) is 0. The van der Waals surface area contributed by atoms with Crippen LogP contribution in [0.4, 0.5) is 0 Å². The third-order valence-electron chi connectivity index (χ3n) is 4.12. The van der Waals surface area contributed by atoms with E-state index in [1.807, 2.05) is 0 Å². The Bertz CT molecular complexity index is 670. The molecule has 0 aliphatic heterocycles. The van der Waals surface area contributed by atoms with Crippen LogP contribution in [0.3, 0.4) is 0 Å². The molecule has 1 radical (unpaired) electrons. The zero-order valence-electron chi connectivity index (χ0n) is 13.8. The van der Waals surface area contributed by atoms with Gasteiger partial charge in [0.25, 0.3) is 0 Å². The number of fused-ring (bicyclic) bond motifs is 1. The van der Waals surface area contributed by atoms with Crippen molar-refractivity contribution in [1.82, 2.24) is 0 Å². The smallest absolute Gasteiger partial charge is 0 e. The number of benzene rings is 2. The van der Waals surface area contributed by atoms with Crippen LogP contribution in [0, 0.1) is 0 Å². The number of rotatable bonds is 1. The van der Waals surface area contributed by atoms with Gasteiger partial charge in [-0.1, -0.05) is 74.9 Å². The van der Waals surface area contributed by atoms with Crippen LogP contribution < -0.4 is 0 Å². The van der Waals surface area contributed by atoms with E-state index in [-0.39, 0.29) is 24.3 Å². The van der Waals surface area contributed by atoms with E-state index in [4.69, 9.17) is 0 Å². The Hall–Kier alpha value is -1.22. The topological polar surface area (TPSA) is 0 Å². The molecule has 103 valence electrons. The first kappa shape index (κ1) is 16.2. The molecule has 1 aliphatic rings. The maximum Gasteiger partial charge on any atom is 0 e. The Labute approximate surface area is 140 Å². The van der Waals surface area contributed by atoms with Gasteiger partial charge in [0.2, 0.25) is 0 Å². The van der Waals surface area contributed by atoms with Crippen LogP contribution in [0.1, 0.15) is 44.4 Å². The summed E-state index contributed by atoms with van der Waals surface area (Å²) in [6.45, 7) is 8.99. The molecular weight excluding hydrogens is 247 g/mol. The monoisotopic (exact) mass is 269 g/mol. The minimum atomic E-state index is 0. The number of hydrogen-bond acceptors (Lipinski definition) is 0. The fourth-order valence-electron chi connectivity index (χ4n) is 2.94. The molecule has 0 amide bonds. The van der Waals surface area contributed by atoms with E-state index in [9.17, 15) is 0 Å². The molecule has 2 aromatic rings. The maximum atomic E-state index is 2.34. The van der Waals surface area contributed by atoms with Crippen LogP contribution in [0.2, 0.25) is 0 Å². The van der Waals surface area contributed by atoms with Gasteiger partial charge < -0.3 is 0 Å². The van der Waals surface area contributed by atoms with Gasteiger partial charge in [-0.15, -0.1) is 0 Å². The fourth-order valence-corrected chi connectivity index (χ4v) is 2.94. The summed E-state index contributed by atoms with van der Waals surface area (Å²) in [5, 5.41) is 0. The predicted octanol–water partition coefficient (Wildman–Crippen LogP) is 5.23. The van der Waals surface area contributed by atoms with Crippen molar-refractivity contribution >= 4 is 24.9 Å². The van der Waals surface area contributed by atoms with E-state index >= 15 is 0 Å². The summed E-state index contributed by atoms with van der Waals surface area (Å²) in [5.41, 5.74) is 8.61. The van der Waals surface area contributed by atoms with E-state index in [0.29, 0.717) is 0 Å². The van der Waals surface area contributed by atoms with Gasteiger partial charge in [0.1, 0.15) is 0 Å². The van der Waals surface area contributed by atoms with Crippen LogP contribution in [0.25, 0.3) is 17.2 Å². The summed E-state index contributed by atoms with van der Waals surface area (Å²) >= 11 is 0. The van der Waals surface area contributed by atoms with Crippen molar-refractivity contribution in [3.8, 4) is 11.1 Å². The van der Waals surface area contributed by atoms with Crippen molar-refractivity contribution in [2.24, 2.45) is 0 Å². The van der Waals surface area contributed by atoms with Crippen molar-refractivity contribution in [3.63, 3.8) is 0 Å². The Morgan fingerprint density at radius 3 is 2.19 bits per heavy atom. The van der Waals surface area contributed by atoms with Crippen LogP contribution in [-0.2, 0) is 11.8 Å². The molecule has 21 heavy (non-hydrogen) atoms. The molecule has 0 bridgehead atoms. The first-order chi connectivity index (χ1) is 9.45. The molecule has 1 heteroatoms. The molecule has 1 aliphatic carbocycles. The fraction of sp³-hybridized carbons (Fsp3) is 0.300. The van der Waals surface area contributed by atoms with Crippen molar-refractivity contribution < 1.29 is 0 Å². The first-order valence-corrected chi connectivity index (χ1v) is 7.35. The molecule has 2 aromatic carbocycles. The van der Waals surface area contributed by atoms with E-state index in [2.05, 4.69) is 76.2 Å². The van der Waals surface area contributed by atoms with E-state index in [1.165, 1.54) is 33.4 Å². The van der Waals surface area contributed by atoms with Gasteiger partial charge in [0.15, 0.2) is 0 Å². The molecule has 0 fully saturated rings. The molecule has 0 spiro atoms. The normalized spacial score (nSPS) is 13.4. The zero-order chi connectivity index (χ0) is 14.3. The molecule has 3 rings (SSSR count). The zero-order valence-corrected chi connectivity index (χ0v) is 13.8. The van der Waals surface area contributed by atoms with Crippen LogP contribution >= 0.6 is 0 Å². The average molecular weight is 269 g/mol. The van der Waals surface area contributed by atoms with E-state index in [0.717, 1.165) is 6.42 Å². The van der Waals surface area contributed by atoms with Crippen LogP contribution in [-0.4, -0.2) is 18.9 Å². The third-order valence-corrected chi connectivity index (χ3v) is 4.12. The van der Waals surface area contributed by atoms with E-state index in [1.54, 1.807) is 0 Å².